The van der Waals surface area contributed by atoms with E-state index in [4.69, 9.17) is 9.88 Å². The summed E-state index contributed by atoms with van der Waals surface area (Å²) in [6.07, 6.45) is 3.82. The van der Waals surface area contributed by atoms with Crippen LogP contribution in [0.25, 0.3) is 0 Å². The first-order chi connectivity index (χ1) is 9.29. The van der Waals surface area contributed by atoms with Crippen LogP contribution in [0, 0.1) is 13.8 Å². The molecule has 0 bridgehead atoms. The SMILES string of the molecule is Cc1cc(S(N)(=O)=O)cc(C(=O)OC2CCCC2)c1C. The molecule has 1 aliphatic carbocycles. The van der Waals surface area contributed by atoms with Gasteiger partial charge in [-0.25, -0.2) is 18.4 Å². The Bertz CT molecular complexity index is 631. The summed E-state index contributed by atoms with van der Waals surface area (Å²) in [5, 5.41) is 5.13. The van der Waals surface area contributed by atoms with Crippen LogP contribution in [-0.4, -0.2) is 20.5 Å². The van der Waals surface area contributed by atoms with E-state index >= 15 is 0 Å². The highest BCUT2D eigenvalue weighted by molar-refractivity contribution is 7.89. The molecule has 1 aromatic rings. The van der Waals surface area contributed by atoms with Crippen molar-refractivity contribution >= 4 is 16.0 Å². The predicted octanol–water partition coefficient (Wildman–Crippen LogP) is 2.05. The summed E-state index contributed by atoms with van der Waals surface area (Å²) in [6.45, 7) is 3.52. The number of rotatable bonds is 3. The molecule has 0 heterocycles. The minimum Gasteiger partial charge on any atom is -0.459 e. The molecule has 1 aromatic carbocycles. The number of ether oxygens (including phenoxy) is 1. The number of carbonyl (C=O) groups excluding carboxylic acids is 1. The molecular weight excluding hydrogens is 278 g/mol. The molecule has 5 nitrogen and oxygen atoms in total. The van der Waals surface area contributed by atoms with E-state index in [2.05, 4.69) is 0 Å². The Morgan fingerprint density at radius 2 is 1.85 bits per heavy atom. The highest BCUT2D eigenvalue weighted by Gasteiger charge is 2.23. The van der Waals surface area contributed by atoms with Gasteiger partial charge < -0.3 is 4.74 Å². The van der Waals surface area contributed by atoms with Gasteiger partial charge in [0.05, 0.1) is 10.5 Å². The Morgan fingerprint density at radius 1 is 1.25 bits per heavy atom. The second kappa shape index (κ2) is 5.54. The van der Waals surface area contributed by atoms with E-state index < -0.39 is 16.0 Å². The molecule has 1 saturated carbocycles. The fourth-order valence-corrected chi connectivity index (χ4v) is 3.05. The molecule has 0 amide bonds. The van der Waals surface area contributed by atoms with E-state index in [1.807, 2.05) is 0 Å². The van der Waals surface area contributed by atoms with Crippen molar-refractivity contribution in [2.45, 2.75) is 50.5 Å². The van der Waals surface area contributed by atoms with Gasteiger partial charge in [-0.1, -0.05) is 0 Å². The van der Waals surface area contributed by atoms with Gasteiger partial charge in [0, 0.05) is 0 Å². The van der Waals surface area contributed by atoms with Crippen LogP contribution in [0.5, 0.6) is 0 Å². The number of esters is 1. The molecule has 20 heavy (non-hydrogen) atoms. The van der Waals surface area contributed by atoms with Crippen LogP contribution in [0.2, 0.25) is 0 Å². The first-order valence-corrected chi connectivity index (χ1v) is 8.18. The van der Waals surface area contributed by atoms with Crippen LogP contribution in [-0.2, 0) is 14.8 Å². The number of carbonyl (C=O) groups is 1. The Kier molecular flexibility index (Phi) is 4.15. The van der Waals surface area contributed by atoms with Crippen LogP contribution in [0.1, 0.15) is 47.2 Å². The summed E-state index contributed by atoms with van der Waals surface area (Å²) < 4.78 is 28.3. The van der Waals surface area contributed by atoms with E-state index in [0.717, 1.165) is 31.2 Å². The summed E-state index contributed by atoms with van der Waals surface area (Å²) in [5.74, 6) is -0.469. The number of primary sulfonamides is 1. The molecule has 2 rings (SSSR count). The minimum atomic E-state index is -3.83. The third-order valence-electron chi connectivity index (χ3n) is 3.77. The van der Waals surface area contributed by atoms with E-state index in [1.54, 1.807) is 13.8 Å². The standard InChI is InChI=1S/C14H19NO4S/c1-9-7-12(20(15,17)18)8-13(10(9)2)14(16)19-11-5-3-4-6-11/h7-8,11H,3-6H2,1-2H3,(H2,15,17,18). The Hall–Kier alpha value is -1.40. The maximum absolute atomic E-state index is 12.2. The van der Waals surface area contributed by atoms with Gasteiger partial charge in [0.15, 0.2) is 0 Å². The topological polar surface area (TPSA) is 86.5 Å². The summed E-state index contributed by atoms with van der Waals surface area (Å²) in [4.78, 5) is 12.1. The van der Waals surface area contributed by atoms with Crippen LogP contribution >= 0.6 is 0 Å². The fraction of sp³-hybridized carbons (Fsp3) is 0.500. The van der Waals surface area contributed by atoms with Crippen molar-refractivity contribution in [1.29, 1.82) is 0 Å². The van der Waals surface area contributed by atoms with Crippen molar-refractivity contribution < 1.29 is 17.9 Å². The van der Waals surface area contributed by atoms with E-state index in [0.29, 0.717) is 5.56 Å². The zero-order chi connectivity index (χ0) is 14.9. The van der Waals surface area contributed by atoms with Crippen LogP contribution in [0.4, 0.5) is 0 Å². The van der Waals surface area contributed by atoms with Crippen molar-refractivity contribution in [1.82, 2.24) is 0 Å². The largest absolute Gasteiger partial charge is 0.459 e. The molecular formula is C14H19NO4S. The lowest BCUT2D eigenvalue weighted by Gasteiger charge is -2.14. The number of hydrogen-bond acceptors (Lipinski definition) is 4. The molecule has 110 valence electrons. The average molecular weight is 297 g/mol. The molecule has 0 radical (unpaired) electrons. The van der Waals surface area contributed by atoms with Crippen molar-refractivity contribution in [3.63, 3.8) is 0 Å². The third-order valence-corrected chi connectivity index (χ3v) is 4.66. The lowest BCUT2D eigenvalue weighted by molar-refractivity contribution is 0.0316. The third kappa shape index (κ3) is 3.19. The molecule has 6 heteroatoms. The van der Waals surface area contributed by atoms with Crippen LogP contribution < -0.4 is 5.14 Å². The highest BCUT2D eigenvalue weighted by Crippen LogP contribution is 2.25. The van der Waals surface area contributed by atoms with Crippen LogP contribution in [0.15, 0.2) is 17.0 Å². The molecule has 1 aliphatic rings. The first kappa shape index (κ1) is 15.0. The maximum Gasteiger partial charge on any atom is 0.338 e. The number of nitrogens with two attached hydrogens (primary N) is 1. The van der Waals surface area contributed by atoms with E-state index in [1.165, 1.54) is 12.1 Å². The monoisotopic (exact) mass is 297 g/mol. The Balaban J connectivity index is 2.34. The summed E-state index contributed by atoms with van der Waals surface area (Å²) in [6, 6.07) is 2.77. The zero-order valence-electron chi connectivity index (χ0n) is 11.7. The smallest absolute Gasteiger partial charge is 0.338 e. The number of hydrogen-bond donors (Lipinski definition) is 1. The lowest BCUT2D eigenvalue weighted by Crippen LogP contribution is -2.18. The maximum atomic E-state index is 12.2. The van der Waals surface area contributed by atoms with Gasteiger partial charge in [0.1, 0.15) is 6.10 Å². The molecule has 1 fully saturated rings. The van der Waals surface area contributed by atoms with Gasteiger partial charge >= 0.3 is 5.97 Å². The summed E-state index contributed by atoms with van der Waals surface area (Å²) in [7, 11) is -3.83. The highest BCUT2D eigenvalue weighted by atomic mass is 32.2. The second-order valence-corrected chi connectivity index (χ2v) is 6.83. The zero-order valence-corrected chi connectivity index (χ0v) is 12.5. The Labute approximate surface area is 119 Å². The fourth-order valence-electron chi connectivity index (χ4n) is 2.42. The van der Waals surface area contributed by atoms with Gasteiger partial charge in [-0.2, -0.15) is 0 Å². The molecule has 2 N–H and O–H groups in total. The van der Waals surface area contributed by atoms with Crippen molar-refractivity contribution in [2.24, 2.45) is 5.14 Å². The van der Waals surface area contributed by atoms with Gasteiger partial charge in [-0.05, 0) is 62.8 Å². The molecule has 0 atom stereocenters. The molecule has 0 spiro atoms. The van der Waals surface area contributed by atoms with Gasteiger partial charge in [-0.15, -0.1) is 0 Å². The molecule has 0 unspecified atom stereocenters. The quantitative estimate of drug-likeness (QED) is 0.865. The van der Waals surface area contributed by atoms with Gasteiger partial charge in [0.25, 0.3) is 0 Å². The van der Waals surface area contributed by atoms with Crippen LogP contribution in [0.3, 0.4) is 0 Å². The van der Waals surface area contributed by atoms with Crippen molar-refractivity contribution in [3.05, 3.63) is 28.8 Å². The molecule has 0 saturated heterocycles. The number of sulfonamides is 1. The van der Waals surface area contributed by atoms with Gasteiger partial charge in [0.2, 0.25) is 10.0 Å². The number of benzene rings is 1. The lowest BCUT2D eigenvalue weighted by atomic mass is 10.0. The second-order valence-electron chi connectivity index (χ2n) is 5.27. The van der Waals surface area contributed by atoms with Gasteiger partial charge in [-0.3, -0.25) is 0 Å². The number of aryl methyl sites for hydroxylation is 1. The Morgan fingerprint density at radius 3 is 2.40 bits per heavy atom. The van der Waals surface area contributed by atoms with E-state index in [-0.39, 0.29) is 16.6 Å². The summed E-state index contributed by atoms with van der Waals surface area (Å²) in [5.41, 5.74) is 1.70. The average Bonchev–Trinajstić information content (AvgIpc) is 2.83. The molecule has 0 aromatic heterocycles. The van der Waals surface area contributed by atoms with Crippen molar-refractivity contribution in [3.8, 4) is 0 Å². The minimum absolute atomic E-state index is 0.0552. The van der Waals surface area contributed by atoms with Crippen molar-refractivity contribution in [2.75, 3.05) is 0 Å². The van der Waals surface area contributed by atoms with E-state index in [9.17, 15) is 13.2 Å². The first-order valence-electron chi connectivity index (χ1n) is 6.64. The molecule has 0 aliphatic heterocycles. The predicted molar refractivity (Wildman–Crippen MR) is 75.0 cm³/mol. The summed E-state index contributed by atoms with van der Waals surface area (Å²) >= 11 is 0. The normalized spacial score (nSPS) is 16.4.